The third kappa shape index (κ3) is 2.79. The Morgan fingerprint density at radius 2 is 1.92 bits per heavy atom. The van der Waals surface area contributed by atoms with Crippen LogP contribution in [-0.4, -0.2) is 60.3 Å². The maximum atomic E-state index is 14.1. The molecule has 142 valence electrons. The van der Waals surface area contributed by atoms with Crippen LogP contribution in [0.25, 0.3) is 0 Å². The number of amides is 1. The van der Waals surface area contributed by atoms with Crippen LogP contribution >= 0.6 is 0 Å². The zero-order valence-electron chi connectivity index (χ0n) is 14.6. The van der Waals surface area contributed by atoms with E-state index in [0.717, 1.165) is 6.07 Å². The lowest BCUT2D eigenvalue weighted by Gasteiger charge is -2.45. The van der Waals surface area contributed by atoms with E-state index in [-0.39, 0.29) is 43.2 Å². The minimum atomic E-state index is -4.02. The first kappa shape index (κ1) is 18.8. The van der Waals surface area contributed by atoms with Crippen molar-refractivity contribution in [3.8, 4) is 0 Å². The molecule has 2 saturated heterocycles. The average molecular weight is 384 g/mol. The van der Waals surface area contributed by atoms with E-state index in [1.54, 1.807) is 14.0 Å². The molecule has 2 heterocycles. The Morgan fingerprint density at radius 3 is 2.50 bits per heavy atom. The fourth-order valence-corrected chi connectivity index (χ4v) is 5.64. The van der Waals surface area contributed by atoms with Crippen molar-refractivity contribution in [3.05, 3.63) is 29.6 Å². The summed E-state index contributed by atoms with van der Waals surface area (Å²) in [6, 6.07) is 3.91. The molecule has 1 atom stereocenters. The van der Waals surface area contributed by atoms with E-state index in [9.17, 15) is 27.5 Å². The summed E-state index contributed by atoms with van der Waals surface area (Å²) in [4.78, 5) is 24.7. The standard InChI is InChI=1S/C17H21FN2O5S/c1-11-3-4-13(18)14(9-11)26(24,25)20-7-5-17(6-8-20)12(16(22)23)10-15(21)19(17)2/h3-4,9,12H,5-8,10H2,1-2H3,(H,22,23)/t12-/m0/s1. The predicted octanol–water partition coefficient (Wildman–Crippen LogP) is 1.22. The quantitative estimate of drug-likeness (QED) is 0.846. The van der Waals surface area contributed by atoms with Crippen molar-refractivity contribution >= 4 is 21.9 Å². The molecule has 0 saturated carbocycles. The van der Waals surface area contributed by atoms with Crippen LogP contribution in [0, 0.1) is 18.7 Å². The minimum Gasteiger partial charge on any atom is -0.481 e. The van der Waals surface area contributed by atoms with Gasteiger partial charge in [0, 0.05) is 26.6 Å². The van der Waals surface area contributed by atoms with Crippen molar-refractivity contribution in [2.45, 2.75) is 36.6 Å². The fourth-order valence-electron chi connectivity index (χ4n) is 4.05. The van der Waals surface area contributed by atoms with E-state index in [1.165, 1.54) is 21.3 Å². The molecule has 9 heteroatoms. The molecule has 2 aliphatic rings. The molecule has 1 spiro atoms. The zero-order valence-corrected chi connectivity index (χ0v) is 15.4. The molecule has 0 radical (unpaired) electrons. The van der Waals surface area contributed by atoms with Gasteiger partial charge in [0.25, 0.3) is 0 Å². The van der Waals surface area contributed by atoms with Gasteiger partial charge in [-0.25, -0.2) is 12.8 Å². The predicted molar refractivity (Wildman–Crippen MR) is 90.4 cm³/mol. The number of likely N-dealkylation sites (tertiary alicyclic amines) is 1. The van der Waals surface area contributed by atoms with Gasteiger partial charge in [0.15, 0.2) is 0 Å². The van der Waals surface area contributed by atoms with Crippen LogP contribution < -0.4 is 0 Å². The molecule has 1 N–H and O–H groups in total. The molecular weight excluding hydrogens is 363 g/mol. The van der Waals surface area contributed by atoms with Gasteiger partial charge in [-0.1, -0.05) is 6.07 Å². The number of hydrogen-bond acceptors (Lipinski definition) is 4. The third-order valence-electron chi connectivity index (χ3n) is 5.66. The van der Waals surface area contributed by atoms with E-state index in [1.807, 2.05) is 0 Å². The maximum absolute atomic E-state index is 14.1. The molecule has 26 heavy (non-hydrogen) atoms. The SMILES string of the molecule is Cc1ccc(F)c(S(=O)(=O)N2CCC3(CC2)[C@H](C(=O)O)CC(=O)N3C)c1. The lowest BCUT2D eigenvalue weighted by atomic mass is 9.77. The van der Waals surface area contributed by atoms with Gasteiger partial charge in [-0.2, -0.15) is 4.31 Å². The zero-order chi connectivity index (χ0) is 19.3. The first-order chi connectivity index (χ1) is 12.1. The van der Waals surface area contributed by atoms with Crippen LogP contribution in [0.3, 0.4) is 0 Å². The van der Waals surface area contributed by atoms with Crippen molar-refractivity contribution in [1.29, 1.82) is 0 Å². The van der Waals surface area contributed by atoms with Crippen LogP contribution in [0.5, 0.6) is 0 Å². The molecule has 0 unspecified atom stereocenters. The molecule has 1 aromatic carbocycles. The van der Waals surface area contributed by atoms with Crippen molar-refractivity contribution in [2.24, 2.45) is 5.92 Å². The normalized spacial score (nSPS) is 23.6. The number of carbonyl (C=O) groups is 2. The highest BCUT2D eigenvalue weighted by Crippen LogP contribution is 2.43. The Hall–Kier alpha value is -2.00. The van der Waals surface area contributed by atoms with E-state index in [0.29, 0.717) is 5.56 Å². The summed E-state index contributed by atoms with van der Waals surface area (Å²) in [5, 5.41) is 9.48. The van der Waals surface area contributed by atoms with E-state index >= 15 is 0 Å². The Labute approximate surface area is 151 Å². The number of carbonyl (C=O) groups excluding carboxylic acids is 1. The Morgan fingerprint density at radius 1 is 1.31 bits per heavy atom. The number of carboxylic acid groups (broad SMARTS) is 1. The summed E-state index contributed by atoms with van der Waals surface area (Å²) in [7, 11) is -2.46. The number of sulfonamides is 1. The van der Waals surface area contributed by atoms with Gasteiger partial charge in [-0.05, 0) is 37.5 Å². The molecule has 2 aliphatic heterocycles. The number of rotatable bonds is 3. The third-order valence-corrected chi connectivity index (χ3v) is 7.57. The van der Waals surface area contributed by atoms with Crippen LogP contribution in [0.4, 0.5) is 4.39 Å². The molecule has 2 fully saturated rings. The van der Waals surface area contributed by atoms with Gasteiger partial charge in [-0.3, -0.25) is 9.59 Å². The molecular formula is C17H21FN2O5S. The molecule has 0 aromatic heterocycles. The monoisotopic (exact) mass is 384 g/mol. The van der Waals surface area contributed by atoms with Gasteiger partial charge in [-0.15, -0.1) is 0 Å². The Kier molecular flexibility index (Phi) is 4.56. The van der Waals surface area contributed by atoms with Gasteiger partial charge in [0.05, 0.1) is 11.5 Å². The highest BCUT2D eigenvalue weighted by atomic mass is 32.2. The van der Waals surface area contributed by atoms with Gasteiger partial charge in [0.1, 0.15) is 10.7 Å². The first-order valence-corrected chi connectivity index (χ1v) is 9.79. The Bertz CT molecular complexity index is 862. The largest absolute Gasteiger partial charge is 0.481 e. The highest BCUT2D eigenvalue weighted by molar-refractivity contribution is 7.89. The molecule has 3 rings (SSSR count). The maximum Gasteiger partial charge on any atom is 0.309 e. The summed E-state index contributed by atoms with van der Waals surface area (Å²) in [5.41, 5.74) is -0.259. The van der Waals surface area contributed by atoms with Crippen LogP contribution in [0.1, 0.15) is 24.8 Å². The van der Waals surface area contributed by atoms with Crippen molar-refractivity contribution in [1.82, 2.24) is 9.21 Å². The minimum absolute atomic E-state index is 0.0388. The van der Waals surface area contributed by atoms with Gasteiger partial charge >= 0.3 is 5.97 Å². The summed E-state index contributed by atoms with van der Waals surface area (Å²) < 4.78 is 40.9. The second-order valence-electron chi connectivity index (χ2n) is 6.99. The number of halogens is 1. The van der Waals surface area contributed by atoms with Crippen LogP contribution in [0.2, 0.25) is 0 Å². The first-order valence-electron chi connectivity index (χ1n) is 8.35. The topological polar surface area (TPSA) is 95.0 Å². The van der Waals surface area contributed by atoms with Crippen molar-refractivity contribution in [3.63, 3.8) is 0 Å². The number of hydrogen-bond donors (Lipinski definition) is 1. The van der Waals surface area contributed by atoms with E-state index in [2.05, 4.69) is 0 Å². The van der Waals surface area contributed by atoms with Crippen LogP contribution in [0.15, 0.2) is 23.1 Å². The number of aliphatic carboxylic acids is 1. The van der Waals surface area contributed by atoms with Crippen molar-refractivity contribution < 1.29 is 27.5 Å². The summed E-state index contributed by atoms with van der Waals surface area (Å²) in [6.45, 7) is 1.76. The highest BCUT2D eigenvalue weighted by Gasteiger charge is 2.56. The second-order valence-corrected chi connectivity index (χ2v) is 8.90. The van der Waals surface area contributed by atoms with Crippen molar-refractivity contribution in [2.75, 3.05) is 20.1 Å². The number of carboxylic acids is 1. The van der Waals surface area contributed by atoms with E-state index < -0.39 is 33.3 Å². The van der Waals surface area contributed by atoms with Crippen LogP contribution in [-0.2, 0) is 19.6 Å². The molecule has 1 aromatic rings. The van der Waals surface area contributed by atoms with E-state index in [4.69, 9.17) is 0 Å². The number of aryl methyl sites for hydroxylation is 1. The molecule has 7 nitrogen and oxygen atoms in total. The fraction of sp³-hybridized carbons (Fsp3) is 0.529. The Balaban J connectivity index is 1.87. The molecule has 0 aliphatic carbocycles. The smallest absolute Gasteiger partial charge is 0.309 e. The number of piperidine rings is 1. The summed E-state index contributed by atoms with van der Waals surface area (Å²) >= 11 is 0. The number of nitrogens with zero attached hydrogens (tertiary/aromatic N) is 2. The molecule has 0 bridgehead atoms. The van der Waals surface area contributed by atoms with Gasteiger partial charge < -0.3 is 10.0 Å². The lowest BCUT2D eigenvalue weighted by molar-refractivity contribution is -0.145. The summed E-state index contributed by atoms with van der Waals surface area (Å²) in [6.07, 6.45) is 0.336. The lowest BCUT2D eigenvalue weighted by Crippen LogP contribution is -2.56. The van der Waals surface area contributed by atoms with Gasteiger partial charge in [0.2, 0.25) is 15.9 Å². The number of benzene rings is 1. The summed E-state index contributed by atoms with van der Waals surface area (Å²) in [5.74, 6) is -2.98. The average Bonchev–Trinajstić information content (AvgIpc) is 2.83. The molecule has 1 amide bonds. The second kappa shape index (κ2) is 6.31.